The highest BCUT2D eigenvalue weighted by Crippen LogP contribution is 2.33. The van der Waals surface area contributed by atoms with E-state index in [-0.39, 0.29) is 12.6 Å². The first-order chi connectivity index (χ1) is 9.60. The predicted octanol–water partition coefficient (Wildman–Crippen LogP) is 1.56. The van der Waals surface area contributed by atoms with Crippen LogP contribution in [0.15, 0.2) is 6.07 Å². The van der Waals surface area contributed by atoms with Gasteiger partial charge in [0.25, 0.3) is 0 Å². The first-order valence-electron chi connectivity index (χ1n) is 7.30. The van der Waals surface area contributed by atoms with Crippen LogP contribution in [0.25, 0.3) is 0 Å². The zero-order chi connectivity index (χ0) is 14.7. The molecule has 2 N–H and O–H groups in total. The molecule has 1 aromatic rings. The average Bonchev–Trinajstić information content (AvgIpc) is 2.46. The second-order valence-corrected chi connectivity index (χ2v) is 5.55. The molecule has 1 saturated heterocycles. The summed E-state index contributed by atoms with van der Waals surface area (Å²) < 4.78 is 5.48. The average molecular weight is 278 g/mol. The molecule has 0 aliphatic carbocycles. The van der Waals surface area contributed by atoms with Gasteiger partial charge in [0, 0.05) is 26.2 Å². The molecule has 0 bridgehead atoms. The Morgan fingerprint density at radius 2 is 1.90 bits per heavy atom. The molecule has 1 atom stereocenters. The summed E-state index contributed by atoms with van der Waals surface area (Å²) in [7, 11) is 1.72. The van der Waals surface area contributed by atoms with Crippen LogP contribution < -0.4 is 10.1 Å². The van der Waals surface area contributed by atoms with Crippen LogP contribution >= 0.6 is 0 Å². The third kappa shape index (κ3) is 2.82. The van der Waals surface area contributed by atoms with Gasteiger partial charge in [-0.3, -0.25) is 4.90 Å². The lowest BCUT2D eigenvalue weighted by Gasteiger charge is -2.35. The smallest absolute Gasteiger partial charge is 0.124 e. The molecule has 0 aromatic heterocycles. The first kappa shape index (κ1) is 15.3. The summed E-state index contributed by atoms with van der Waals surface area (Å²) in [5.74, 6) is 0.961. The summed E-state index contributed by atoms with van der Waals surface area (Å²) >= 11 is 0. The van der Waals surface area contributed by atoms with Gasteiger partial charge >= 0.3 is 0 Å². The number of aliphatic hydroxyl groups is 1. The molecular formula is C16H26N2O2. The SMILES string of the molecule is COc1c(C)cc(C(CO)N2CCNCC2)c(C)c1C. The minimum Gasteiger partial charge on any atom is -0.496 e. The number of hydrogen-bond donors (Lipinski definition) is 2. The van der Waals surface area contributed by atoms with Crippen molar-refractivity contribution in [2.24, 2.45) is 0 Å². The maximum Gasteiger partial charge on any atom is 0.124 e. The molecule has 1 aliphatic rings. The second kappa shape index (κ2) is 6.57. The fourth-order valence-corrected chi connectivity index (χ4v) is 3.15. The third-order valence-electron chi connectivity index (χ3n) is 4.39. The molecule has 1 heterocycles. The van der Waals surface area contributed by atoms with E-state index in [1.54, 1.807) is 7.11 Å². The summed E-state index contributed by atoms with van der Waals surface area (Å²) in [6.45, 7) is 10.4. The highest BCUT2D eigenvalue weighted by molar-refractivity contribution is 5.50. The Morgan fingerprint density at radius 1 is 1.25 bits per heavy atom. The molecule has 4 nitrogen and oxygen atoms in total. The number of aliphatic hydroxyl groups excluding tert-OH is 1. The van der Waals surface area contributed by atoms with Gasteiger partial charge in [0.15, 0.2) is 0 Å². The number of piperazine rings is 1. The van der Waals surface area contributed by atoms with Crippen molar-refractivity contribution >= 4 is 0 Å². The van der Waals surface area contributed by atoms with Crippen molar-refractivity contribution in [3.8, 4) is 5.75 Å². The molecule has 1 aromatic carbocycles. The Hall–Kier alpha value is -1.10. The predicted molar refractivity (Wildman–Crippen MR) is 81.5 cm³/mol. The lowest BCUT2D eigenvalue weighted by molar-refractivity contribution is 0.110. The van der Waals surface area contributed by atoms with Gasteiger partial charge in [-0.15, -0.1) is 0 Å². The molecule has 1 unspecified atom stereocenters. The Kier molecular flexibility index (Phi) is 5.02. The van der Waals surface area contributed by atoms with Gasteiger partial charge in [0.2, 0.25) is 0 Å². The van der Waals surface area contributed by atoms with Crippen molar-refractivity contribution in [3.63, 3.8) is 0 Å². The minimum atomic E-state index is 0.0837. The molecule has 20 heavy (non-hydrogen) atoms. The van der Waals surface area contributed by atoms with E-state index in [2.05, 4.69) is 37.1 Å². The van der Waals surface area contributed by atoms with E-state index in [0.717, 1.165) is 37.5 Å². The summed E-state index contributed by atoms with van der Waals surface area (Å²) in [5, 5.41) is 13.2. The van der Waals surface area contributed by atoms with Crippen molar-refractivity contribution in [1.82, 2.24) is 10.2 Å². The molecular weight excluding hydrogens is 252 g/mol. The normalized spacial score (nSPS) is 18.1. The maximum absolute atomic E-state index is 9.87. The van der Waals surface area contributed by atoms with Crippen molar-refractivity contribution in [2.45, 2.75) is 26.8 Å². The van der Waals surface area contributed by atoms with Crippen molar-refractivity contribution < 1.29 is 9.84 Å². The Morgan fingerprint density at radius 3 is 2.45 bits per heavy atom. The molecule has 0 saturated carbocycles. The third-order valence-corrected chi connectivity index (χ3v) is 4.39. The number of nitrogens with one attached hydrogen (secondary N) is 1. The van der Waals surface area contributed by atoms with Crippen LogP contribution in [-0.2, 0) is 0 Å². The van der Waals surface area contributed by atoms with Gasteiger partial charge in [0.1, 0.15) is 5.75 Å². The van der Waals surface area contributed by atoms with E-state index in [1.165, 1.54) is 16.7 Å². The van der Waals surface area contributed by atoms with E-state index < -0.39 is 0 Å². The van der Waals surface area contributed by atoms with E-state index in [4.69, 9.17) is 4.74 Å². The van der Waals surface area contributed by atoms with Crippen molar-refractivity contribution in [3.05, 3.63) is 28.3 Å². The van der Waals surface area contributed by atoms with Gasteiger partial charge in [-0.2, -0.15) is 0 Å². The maximum atomic E-state index is 9.87. The van der Waals surface area contributed by atoms with Crippen LogP contribution in [0.3, 0.4) is 0 Å². The van der Waals surface area contributed by atoms with Crippen LogP contribution in [-0.4, -0.2) is 49.9 Å². The van der Waals surface area contributed by atoms with E-state index in [9.17, 15) is 5.11 Å². The molecule has 1 fully saturated rings. The van der Waals surface area contributed by atoms with E-state index in [0.29, 0.717) is 0 Å². The Labute approximate surface area is 121 Å². The number of ether oxygens (including phenoxy) is 1. The first-order valence-corrected chi connectivity index (χ1v) is 7.30. The van der Waals surface area contributed by atoms with Crippen molar-refractivity contribution in [1.29, 1.82) is 0 Å². The van der Waals surface area contributed by atoms with E-state index in [1.807, 2.05) is 0 Å². The number of nitrogens with zero attached hydrogens (tertiary/aromatic N) is 1. The lowest BCUT2D eigenvalue weighted by atomic mass is 9.93. The molecule has 0 radical (unpaired) electrons. The molecule has 4 heteroatoms. The summed E-state index contributed by atoms with van der Waals surface area (Å²) in [4.78, 5) is 2.37. The molecule has 2 rings (SSSR count). The standard InChI is InChI=1S/C16H26N2O2/c1-11-9-14(12(2)13(3)16(11)20-4)15(10-19)18-7-5-17-6-8-18/h9,15,17,19H,5-8,10H2,1-4H3. The number of benzene rings is 1. The summed E-state index contributed by atoms with van der Waals surface area (Å²) in [6.07, 6.45) is 0. The van der Waals surface area contributed by atoms with Crippen LogP contribution in [0, 0.1) is 20.8 Å². The van der Waals surface area contributed by atoms with Gasteiger partial charge in [-0.1, -0.05) is 6.07 Å². The number of hydrogen-bond acceptors (Lipinski definition) is 4. The molecule has 0 spiro atoms. The van der Waals surface area contributed by atoms with E-state index >= 15 is 0 Å². The van der Waals surface area contributed by atoms with Crippen molar-refractivity contribution in [2.75, 3.05) is 39.9 Å². The quantitative estimate of drug-likeness (QED) is 0.877. The monoisotopic (exact) mass is 278 g/mol. The number of methoxy groups -OCH3 is 1. The summed E-state index contributed by atoms with van der Waals surface area (Å²) in [5.41, 5.74) is 4.77. The molecule has 1 aliphatic heterocycles. The topological polar surface area (TPSA) is 44.7 Å². The fourth-order valence-electron chi connectivity index (χ4n) is 3.15. The lowest BCUT2D eigenvalue weighted by Crippen LogP contribution is -2.46. The molecule has 112 valence electrons. The van der Waals surface area contributed by atoms with Gasteiger partial charge in [-0.25, -0.2) is 0 Å². The number of aryl methyl sites for hydroxylation is 1. The highest BCUT2D eigenvalue weighted by Gasteiger charge is 2.24. The van der Waals surface area contributed by atoms with Gasteiger partial charge in [0.05, 0.1) is 19.8 Å². The largest absolute Gasteiger partial charge is 0.496 e. The van der Waals surface area contributed by atoms with Crippen LogP contribution in [0.1, 0.15) is 28.3 Å². The van der Waals surface area contributed by atoms with Crippen LogP contribution in [0.4, 0.5) is 0 Å². The summed E-state index contributed by atoms with van der Waals surface area (Å²) in [6, 6.07) is 2.25. The number of rotatable bonds is 4. The Balaban J connectivity index is 2.39. The molecule has 0 amide bonds. The second-order valence-electron chi connectivity index (χ2n) is 5.55. The highest BCUT2D eigenvalue weighted by atomic mass is 16.5. The van der Waals surface area contributed by atoms with Crippen LogP contribution in [0.5, 0.6) is 5.75 Å². The zero-order valence-electron chi connectivity index (χ0n) is 13.0. The zero-order valence-corrected chi connectivity index (χ0v) is 13.0. The van der Waals surface area contributed by atoms with Gasteiger partial charge < -0.3 is 15.2 Å². The minimum absolute atomic E-state index is 0.0837. The fraction of sp³-hybridized carbons (Fsp3) is 0.625. The van der Waals surface area contributed by atoms with Crippen LogP contribution in [0.2, 0.25) is 0 Å². The van der Waals surface area contributed by atoms with Gasteiger partial charge in [-0.05, 0) is 43.0 Å². The Bertz CT molecular complexity index is 468.